The number of hydrogen-bond donors (Lipinski definition) is 2. The molecule has 30 heavy (non-hydrogen) atoms. The molecule has 2 N–H and O–H groups in total. The first-order valence-corrected chi connectivity index (χ1v) is 11.2. The Hall–Kier alpha value is -2.67. The summed E-state index contributed by atoms with van der Waals surface area (Å²) < 4.78 is 11.4. The standard InChI is InChI=1S/C24H26N2O3S/c27-24(18-29-22-10-5-4-9-20(22)19-7-2-1-3-8-19)25-17-21(23-11-6-16-30-23)26-12-14-28-15-13-26/h1-11,16,21H,12-15,17-18H2,(H,25,27)/p+1/t21-/m0/s1. The summed E-state index contributed by atoms with van der Waals surface area (Å²) in [6.45, 7) is 4.05. The molecule has 4 rings (SSSR count). The molecule has 6 heteroatoms. The zero-order chi connectivity index (χ0) is 20.6. The first-order chi connectivity index (χ1) is 14.8. The Morgan fingerprint density at radius 2 is 1.80 bits per heavy atom. The lowest BCUT2D eigenvalue weighted by atomic mass is 10.1. The minimum atomic E-state index is -0.105. The zero-order valence-corrected chi connectivity index (χ0v) is 17.7. The molecule has 0 spiro atoms. The van der Waals surface area contributed by atoms with Gasteiger partial charge in [-0.25, -0.2) is 0 Å². The molecule has 5 nitrogen and oxygen atoms in total. The fourth-order valence-electron chi connectivity index (χ4n) is 3.78. The predicted molar refractivity (Wildman–Crippen MR) is 119 cm³/mol. The van der Waals surface area contributed by atoms with Crippen molar-refractivity contribution in [1.82, 2.24) is 5.32 Å². The minimum Gasteiger partial charge on any atom is -0.483 e. The van der Waals surface area contributed by atoms with Crippen LogP contribution in [0.4, 0.5) is 0 Å². The highest BCUT2D eigenvalue weighted by Gasteiger charge is 2.27. The second kappa shape index (κ2) is 10.4. The van der Waals surface area contributed by atoms with Gasteiger partial charge in [-0.05, 0) is 23.1 Å². The molecule has 1 aliphatic heterocycles. The molecule has 3 aromatic rings. The smallest absolute Gasteiger partial charge is 0.258 e. The van der Waals surface area contributed by atoms with Crippen LogP contribution >= 0.6 is 11.3 Å². The van der Waals surface area contributed by atoms with E-state index in [2.05, 4.69) is 22.8 Å². The Morgan fingerprint density at radius 1 is 1.03 bits per heavy atom. The highest BCUT2D eigenvalue weighted by Crippen LogP contribution is 2.29. The van der Waals surface area contributed by atoms with Crippen LogP contribution < -0.4 is 15.0 Å². The topological polar surface area (TPSA) is 52.0 Å². The number of quaternary nitrogens is 1. The molecule has 2 heterocycles. The summed E-state index contributed by atoms with van der Waals surface area (Å²) in [5, 5.41) is 5.17. The monoisotopic (exact) mass is 423 g/mol. The minimum absolute atomic E-state index is 0.000544. The summed E-state index contributed by atoms with van der Waals surface area (Å²) in [6.07, 6.45) is 0. The van der Waals surface area contributed by atoms with E-state index in [0.29, 0.717) is 12.3 Å². The number of morpholine rings is 1. The molecule has 0 aliphatic carbocycles. The molecule has 1 atom stereocenters. The molecular weight excluding hydrogens is 396 g/mol. The van der Waals surface area contributed by atoms with Crippen molar-refractivity contribution in [1.29, 1.82) is 0 Å². The van der Waals surface area contributed by atoms with Crippen molar-refractivity contribution in [2.45, 2.75) is 6.04 Å². The SMILES string of the molecule is O=C(COc1ccccc1-c1ccccc1)NC[C@@H](c1cccs1)[NH+]1CCOCC1. The van der Waals surface area contributed by atoms with E-state index in [1.165, 1.54) is 9.78 Å². The average Bonchev–Trinajstić information content (AvgIpc) is 3.34. The van der Waals surface area contributed by atoms with Gasteiger partial charge < -0.3 is 19.7 Å². The maximum atomic E-state index is 12.6. The summed E-state index contributed by atoms with van der Waals surface area (Å²) >= 11 is 1.74. The molecule has 0 bridgehead atoms. The quantitative estimate of drug-likeness (QED) is 0.586. The van der Waals surface area contributed by atoms with Gasteiger partial charge in [-0.3, -0.25) is 4.79 Å². The van der Waals surface area contributed by atoms with E-state index in [9.17, 15) is 4.79 Å². The van der Waals surface area contributed by atoms with Crippen LogP contribution in [0, 0.1) is 0 Å². The number of rotatable bonds is 8. The third-order valence-corrected chi connectivity index (χ3v) is 6.33. The molecule has 0 radical (unpaired) electrons. The highest BCUT2D eigenvalue weighted by atomic mass is 32.1. The van der Waals surface area contributed by atoms with Gasteiger partial charge >= 0.3 is 0 Å². The highest BCUT2D eigenvalue weighted by molar-refractivity contribution is 7.10. The molecule has 0 saturated carbocycles. The number of carbonyl (C=O) groups excluding carboxylic acids is 1. The second-order valence-corrected chi connectivity index (χ2v) is 8.27. The number of ether oxygens (including phenoxy) is 2. The first-order valence-electron chi connectivity index (χ1n) is 10.3. The van der Waals surface area contributed by atoms with Crippen LogP contribution in [0.5, 0.6) is 5.75 Å². The molecule has 1 fully saturated rings. The Kier molecular flexibility index (Phi) is 7.13. The zero-order valence-electron chi connectivity index (χ0n) is 16.9. The van der Waals surface area contributed by atoms with Gasteiger partial charge in [0.25, 0.3) is 5.91 Å². The largest absolute Gasteiger partial charge is 0.483 e. The van der Waals surface area contributed by atoms with E-state index in [-0.39, 0.29) is 18.6 Å². The third kappa shape index (κ3) is 5.27. The summed E-state index contributed by atoms with van der Waals surface area (Å²) in [7, 11) is 0. The lowest BCUT2D eigenvalue weighted by molar-refractivity contribution is -0.937. The lowest BCUT2D eigenvalue weighted by Crippen LogP contribution is -3.15. The molecule has 1 saturated heterocycles. The van der Waals surface area contributed by atoms with Crippen molar-refractivity contribution in [3.8, 4) is 16.9 Å². The Morgan fingerprint density at radius 3 is 2.57 bits per heavy atom. The van der Waals surface area contributed by atoms with Crippen molar-refractivity contribution < 1.29 is 19.2 Å². The van der Waals surface area contributed by atoms with Gasteiger partial charge in [0.15, 0.2) is 6.61 Å². The van der Waals surface area contributed by atoms with Gasteiger partial charge in [0.2, 0.25) is 0 Å². The second-order valence-electron chi connectivity index (χ2n) is 7.29. The molecule has 1 amide bonds. The number of hydrogen-bond acceptors (Lipinski definition) is 4. The molecular formula is C24H27N2O3S+. The maximum Gasteiger partial charge on any atom is 0.258 e. The number of para-hydroxylation sites is 1. The number of benzene rings is 2. The number of nitrogens with one attached hydrogen (secondary N) is 2. The summed E-state index contributed by atoms with van der Waals surface area (Å²) in [5.41, 5.74) is 2.06. The van der Waals surface area contributed by atoms with Crippen LogP contribution in [-0.4, -0.2) is 45.4 Å². The molecule has 156 valence electrons. The van der Waals surface area contributed by atoms with E-state index < -0.39 is 0 Å². The van der Waals surface area contributed by atoms with Crippen LogP contribution in [-0.2, 0) is 9.53 Å². The fraction of sp³-hybridized carbons (Fsp3) is 0.292. The van der Waals surface area contributed by atoms with Crippen molar-refractivity contribution in [3.63, 3.8) is 0 Å². The van der Waals surface area contributed by atoms with Gasteiger partial charge in [-0.2, -0.15) is 0 Å². The van der Waals surface area contributed by atoms with E-state index in [1.807, 2.05) is 54.6 Å². The third-order valence-electron chi connectivity index (χ3n) is 5.35. The molecule has 0 unspecified atom stereocenters. The maximum absolute atomic E-state index is 12.6. The van der Waals surface area contributed by atoms with Crippen LogP contribution in [0.3, 0.4) is 0 Å². The number of thiophene rings is 1. The van der Waals surface area contributed by atoms with Crippen LogP contribution in [0.2, 0.25) is 0 Å². The van der Waals surface area contributed by atoms with Crippen molar-refractivity contribution in [3.05, 3.63) is 77.0 Å². The van der Waals surface area contributed by atoms with Crippen LogP contribution in [0.15, 0.2) is 72.1 Å². The average molecular weight is 424 g/mol. The van der Waals surface area contributed by atoms with Gasteiger partial charge in [-0.1, -0.05) is 54.6 Å². The Balaban J connectivity index is 1.36. The van der Waals surface area contributed by atoms with Crippen molar-refractivity contribution in [2.75, 3.05) is 39.5 Å². The predicted octanol–water partition coefficient (Wildman–Crippen LogP) is 2.57. The molecule has 1 aromatic heterocycles. The normalized spacial score (nSPS) is 15.5. The molecule has 1 aliphatic rings. The van der Waals surface area contributed by atoms with Gasteiger partial charge in [0.05, 0.1) is 24.6 Å². The summed E-state index contributed by atoms with van der Waals surface area (Å²) in [6, 6.07) is 22.3. The summed E-state index contributed by atoms with van der Waals surface area (Å²) in [4.78, 5) is 15.3. The lowest BCUT2D eigenvalue weighted by Gasteiger charge is -2.31. The number of amides is 1. The summed E-state index contributed by atoms with van der Waals surface area (Å²) in [5.74, 6) is 0.611. The van der Waals surface area contributed by atoms with Crippen molar-refractivity contribution in [2.24, 2.45) is 0 Å². The number of carbonyl (C=O) groups is 1. The van der Waals surface area contributed by atoms with E-state index in [1.54, 1.807) is 11.3 Å². The van der Waals surface area contributed by atoms with Crippen LogP contribution in [0.1, 0.15) is 10.9 Å². The Bertz CT molecular complexity index is 925. The van der Waals surface area contributed by atoms with E-state index in [0.717, 1.165) is 37.4 Å². The van der Waals surface area contributed by atoms with Crippen LogP contribution in [0.25, 0.3) is 11.1 Å². The Labute approximate surface area is 181 Å². The van der Waals surface area contributed by atoms with E-state index >= 15 is 0 Å². The van der Waals surface area contributed by atoms with Crippen molar-refractivity contribution >= 4 is 17.2 Å². The first kappa shape index (κ1) is 20.6. The molecule has 2 aromatic carbocycles. The van der Waals surface area contributed by atoms with Gasteiger partial charge in [0, 0.05) is 5.56 Å². The van der Waals surface area contributed by atoms with Gasteiger partial charge in [-0.15, -0.1) is 11.3 Å². The fourth-order valence-corrected chi connectivity index (χ4v) is 4.66. The van der Waals surface area contributed by atoms with Gasteiger partial charge in [0.1, 0.15) is 24.9 Å². The van der Waals surface area contributed by atoms with E-state index in [4.69, 9.17) is 9.47 Å².